The molecule has 2 heterocycles. The van der Waals surface area contributed by atoms with Crippen LogP contribution in [-0.2, 0) is 25.2 Å². The van der Waals surface area contributed by atoms with Gasteiger partial charge in [-0.2, -0.15) is 17.7 Å². The zero-order valence-corrected chi connectivity index (χ0v) is 23.2. The Balaban J connectivity index is 2.04. The topological polar surface area (TPSA) is 115 Å². The van der Waals surface area contributed by atoms with Crippen LogP contribution in [0.3, 0.4) is 0 Å². The van der Waals surface area contributed by atoms with Crippen LogP contribution in [-0.4, -0.2) is 53.5 Å². The number of carbonyl (C=O) groups is 2. The summed E-state index contributed by atoms with van der Waals surface area (Å²) in [5.74, 6) is 4.12. The third-order valence-electron chi connectivity index (χ3n) is 6.11. The molecule has 13 heteroatoms. The number of aromatic nitrogens is 2. The molecule has 1 aromatic heterocycles. The van der Waals surface area contributed by atoms with E-state index in [1.54, 1.807) is 20.8 Å². The first-order valence-corrected chi connectivity index (χ1v) is 12.7. The number of methoxy groups -OCH3 is 1. The van der Waals surface area contributed by atoms with Crippen LogP contribution in [0, 0.1) is 17.3 Å². The quantitative estimate of drug-likeness (QED) is 0.362. The number of hydrogen-bond donors (Lipinski definition) is 0. The number of carbonyl (C=O) groups excluding carboxylic acids is 2. The number of nitrogens with zero attached hydrogens (tertiary/aromatic N) is 2. The highest BCUT2D eigenvalue weighted by Crippen LogP contribution is 2.32. The average Bonchev–Trinajstić information content (AvgIpc) is 3.31. The van der Waals surface area contributed by atoms with E-state index in [2.05, 4.69) is 11.8 Å². The normalized spacial score (nSPS) is 18.9. The van der Waals surface area contributed by atoms with Crippen molar-refractivity contribution in [1.29, 1.82) is 0 Å². The second kappa shape index (κ2) is 12.7. The van der Waals surface area contributed by atoms with E-state index in [-0.39, 0.29) is 29.8 Å². The lowest BCUT2D eigenvalue weighted by atomic mass is 9.97. The molecule has 3 rings (SSSR count). The van der Waals surface area contributed by atoms with Crippen molar-refractivity contribution in [2.75, 3.05) is 20.3 Å². The van der Waals surface area contributed by atoms with Crippen LogP contribution in [0.25, 0.3) is 0 Å². The van der Waals surface area contributed by atoms with E-state index in [1.165, 1.54) is 31.4 Å². The highest BCUT2D eigenvalue weighted by molar-refractivity contribution is 5.95. The van der Waals surface area contributed by atoms with Gasteiger partial charge in [0.15, 0.2) is 0 Å². The highest BCUT2D eigenvalue weighted by atomic mass is 19.4. The lowest BCUT2D eigenvalue weighted by Gasteiger charge is -2.22. The molecule has 2 aromatic rings. The average molecular weight is 581 g/mol. The minimum atomic E-state index is -5.19. The number of benzene rings is 1. The van der Waals surface area contributed by atoms with Crippen molar-refractivity contribution in [3.63, 3.8) is 0 Å². The number of rotatable bonds is 7. The molecule has 10 nitrogen and oxygen atoms in total. The van der Waals surface area contributed by atoms with Crippen molar-refractivity contribution >= 4 is 11.9 Å². The molecule has 0 unspecified atom stereocenters. The monoisotopic (exact) mass is 580 g/mol. The van der Waals surface area contributed by atoms with E-state index in [0.29, 0.717) is 22.9 Å². The number of ether oxygens (including phenoxy) is 4. The number of alkyl halides is 3. The van der Waals surface area contributed by atoms with Crippen molar-refractivity contribution in [1.82, 2.24) is 9.13 Å². The summed E-state index contributed by atoms with van der Waals surface area (Å²) in [6, 6.07) is 5.14. The first-order valence-electron chi connectivity index (χ1n) is 12.7. The van der Waals surface area contributed by atoms with Gasteiger partial charge in [-0.3, -0.25) is 19.0 Å². The van der Waals surface area contributed by atoms with E-state index in [9.17, 15) is 32.3 Å². The fourth-order valence-electron chi connectivity index (χ4n) is 3.91. The molecule has 0 saturated carbocycles. The summed E-state index contributed by atoms with van der Waals surface area (Å²) in [5, 5.41) is 0. The van der Waals surface area contributed by atoms with Crippen molar-refractivity contribution in [3.05, 3.63) is 62.4 Å². The van der Waals surface area contributed by atoms with Gasteiger partial charge in [-0.25, -0.2) is 4.79 Å². The predicted molar refractivity (Wildman–Crippen MR) is 139 cm³/mol. The van der Waals surface area contributed by atoms with Crippen LogP contribution in [0.5, 0.6) is 5.75 Å². The number of hydrogen-bond acceptors (Lipinski definition) is 8. The maximum absolute atomic E-state index is 13.9. The lowest BCUT2D eigenvalue weighted by molar-refractivity contribution is -0.160. The zero-order chi connectivity index (χ0) is 30.5. The molecule has 1 fully saturated rings. The summed E-state index contributed by atoms with van der Waals surface area (Å²) < 4.78 is 64.1. The SMILES string of the molecule is CCC#CCO[C@H]1C[C@H](n2cc(C(F)(F)F)c(=O)n(C(=O)c3ccc(OC)cc3)c2=O)O[C@@H]1COC(=O)C(C)(C)C. The highest BCUT2D eigenvalue weighted by Gasteiger charge is 2.42. The van der Waals surface area contributed by atoms with Gasteiger partial charge in [0.2, 0.25) is 0 Å². The van der Waals surface area contributed by atoms with Gasteiger partial charge in [-0.15, -0.1) is 5.92 Å². The fraction of sp³-hybridized carbons (Fsp3) is 0.500. The van der Waals surface area contributed by atoms with Gasteiger partial charge in [0, 0.05) is 24.6 Å². The molecule has 0 spiro atoms. The molecule has 41 heavy (non-hydrogen) atoms. The summed E-state index contributed by atoms with van der Waals surface area (Å²) in [5.41, 5.74) is -5.96. The minimum absolute atomic E-state index is 0.0452. The molecular formula is C28H31F3N2O8. The van der Waals surface area contributed by atoms with Crippen molar-refractivity contribution in [3.8, 4) is 17.6 Å². The molecule has 0 aliphatic carbocycles. The Labute approximate surface area is 234 Å². The molecular weight excluding hydrogens is 549 g/mol. The van der Waals surface area contributed by atoms with E-state index in [4.69, 9.17) is 18.9 Å². The Morgan fingerprint density at radius 3 is 2.32 bits per heavy atom. The summed E-state index contributed by atoms with van der Waals surface area (Å²) in [6.07, 6.45) is -7.66. The Morgan fingerprint density at radius 1 is 1.10 bits per heavy atom. The summed E-state index contributed by atoms with van der Waals surface area (Å²) >= 11 is 0. The van der Waals surface area contributed by atoms with E-state index in [1.807, 2.05) is 6.92 Å². The molecule has 0 N–H and O–H groups in total. The maximum atomic E-state index is 13.9. The molecule has 1 aliphatic rings. The molecule has 1 aromatic carbocycles. The predicted octanol–water partition coefficient (Wildman–Crippen LogP) is 3.40. The van der Waals surface area contributed by atoms with E-state index < -0.39 is 58.7 Å². The Bertz CT molecular complexity index is 1440. The van der Waals surface area contributed by atoms with Gasteiger partial charge < -0.3 is 18.9 Å². The van der Waals surface area contributed by atoms with Crippen LogP contribution in [0.2, 0.25) is 0 Å². The van der Waals surface area contributed by atoms with Gasteiger partial charge >= 0.3 is 17.8 Å². The molecule has 222 valence electrons. The molecule has 3 atom stereocenters. The summed E-state index contributed by atoms with van der Waals surface area (Å²) in [4.78, 5) is 51.6. The van der Waals surface area contributed by atoms with Gasteiger partial charge in [-0.05, 0) is 45.0 Å². The van der Waals surface area contributed by atoms with Gasteiger partial charge in [-0.1, -0.05) is 12.8 Å². The van der Waals surface area contributed by atoms with Crippen LogP contribution in [0.4, 0.5) is 13.2 Å². The molecule has 0 amide bonds. The van der Waals surface area contributed by atoms with Crippen LogP contribution in [0.1, 0.15) is 62.7 Å². The maximum Gasteiger partial charge on any atom is 0.423 e. The Kier molecular flexibility index (Phi) is 9.83. The standard InChI is InChI=1S/C28H31F3N2O8/c1-6-7-8-13-39-20-14-22(41-21(20)16-40-25(36)27(2,3)4)32-15-19(28(29,30)31)24(35)33(26(32)37)23(34)17-9-11-18(38-5)12-10-17/h9-12,15,20-22H,6,13-14,16H2,1-5H3/t20-,21+,22+/m0/s1. The summed E-state index contributed by atoms with van der Waals surface area (Å²) in [6.45, 7) is 6.40. The van der Waals surface area contributed by atoms with Crippen LogP contribution in [0.15, 0.2) is 40.1 Å². The molecule has 1 aliphatic heterocycles. The van der Waals surface area contributed by atoms with Crippen LogP contribution < -0.4 is 16.0 Å². The number of halogens is 3. The summed E-state index contributed by atoms with van der Waals surface area (Å²) in [7, 11) is 1.37. The first-order chi connectivity index (χ1) is 19.2. The van der Waals surface area contributed by atoms with Crippen molar-refractivity contribution in [2.45, 2.75) is 65.1 Å². The molecule has 0 radical (unpaired) electrons. The lowest BCUT2D eigenvalue weighted by Crippen LogP contribution is -2.47. The second-order valence-electron chi connectivity index (χ2n) is 10.2. The van der Waals surface area contributed by atoms with Crippen molar-refractivity contribution in [2.24, 2.45) is 5.41 Å². The van der Waals surface area contributed by atoms with Crippen LogP contribution >= 0.6 is 0 Å². The smallest absolute Gasteiger partial charge is 0.423 e. The van der Waals surface area contributed by atoms with Gasteiger partial charge in [0.25, 0.3) is 11.5 Å². The minimum Gasteiger partial charge on any atom is -0.497 e. The van der Waals surface area contributed by atoms with Crippen molar-refractivity contribution < 1.29 is 41.7 Å². The number of esters is 1. The second-order valence-corrected chi connectivity index (χ2v) is 10.2. The first kappa shape index (κ1) is 31.6. The van der Waals surface area contributed by atoms with E-state index in [0.717, 1.165) is 0 Å². The third kappa shape index (κ3) is 7.45. The zero-order valence-electron chi connectivity index (χ0n) is 23.2. The van der Waals surface area contributed by atoms with Gasteiger partial charge in [0.05, 0.1) is 18.6 Å². The Morgan fingerprint density at radius 2 is 1.76 bits per heavy atom. The Hall–Kier alpha value is -3.89. The molecule has 1 saturated heterocycles. The third-order valence-corrected chi connectivity index (χ3v) is 6.11. The van der Waals surface area contributed by atoms with Gasteiger partial charge in [0.1, 0.15) is 36.9 Å². The largest absolute Gasteiger partial charge is 0.497 e. The van der Waals surface area contributed by atoms with E-state index >= 15 is 0 Å². The molecule has 0 bridgehead atoms. The fourth-order valence-corrected chi connectivity index (χ4v) is 3.91.